The van der Waals surface area contributed by atoms with Crippen LogP contribution in [0.4, 0.5) is 5.82 Å². The predicted octanol–water partition coefficient (Wildman–Crippen LogP) is 1.65. The molecule has 0 unspecified atom stereocenters. The molecule has 4 rings (SSSR count). The molecule has 1 amide bonds. The highest BCUT2D eigenvalue weighted by molar-refractivity contribution is 5.98. The van der Waals surface area contributed by atoms with Crippen LogP contribution in [0, 0.1) is 5.41 Å². The number of nitrogens with two attached hydrogens (primary N) is 2. The van der Waals surface area contributed by atoms with Crippen molar-refractivity contribution in [3.8, 4) is 11.3 Å². The van der Waals surface area contributed by atoms with E-state index in [9.17, 15) is 4.79 Å². The zero-order valence-corrected chi connectivity index (χ0v) is 16.1. The average molecular weight is 391 g/mol. The summed E-state index contributed by atoms with van der Waals surface area (Å²) in [7, 11) is 1.89. The second-order valence-electron chi connectivity index (χ2n) is 7.07. The molecule has 1 saturated carbocycles. The molecule has 1 aliphatic carbocycles. The van der Waals surface area contributed by atoms with Gasteiger partial charge in [-0.3, -0.25) is 9.78 Å². The van der Waals surface area contributed by atoms with E-state index in [0.29, 0.717) is 22.7 Å². The number of aromatic nitrogens is 5. The molecule has 0 bridgehead atoms. The molecule has 0 aliphatic heterocycles. The number of hydrogen-bond donors (Lipinski definition) is 4. The molecule has 3 heterocycles. The van der Waals surface area contributed by atoms with Crippen molar-refractivity contribution in [2.75, 3.05) is 5.32 Å². The molecule has 1 fully saturated rings. The number of rotatable bonds is 6. The average Bonchev–Trinajstić information content (AvgIpc) is 3.48. The molecule has 0 saturated heterocycles. The maximum absolute atomic E-state index is 12.1. The number of carbonyl (C=O) groups is 1. The zero-order valence-electron chi connectivity index (χ0n) is 16.1. The van der Waals surface area contributed by atoms with Crippen molar-refractivity contribution in [3.63, 3.8) is 0 Å². The standard InChI is InChI=1S/C19H21N9O/c1-9(21)12(5-20)25-19-17(18(22)29)26-16(14(27-19)10-3-4-10)11-6-23-7-13-15(11)24-8-28(13)2/h5-8,10,20H,3-4,21H2,1-2H3,(H2,22,29)(H,25,27). The van der Waals surface area contributed by atoms with Gasteiger partial charge in [0.1, 0.15) is 5.52 Å². The first-order chi connectivity index (χ1) is 13.9. The van der Waals surface area contributed by atoms with E-state index in [-0.39, 0.29) is 17.4 Å². The second kappa shape index (κ2) is 6.97. The lowest BCUT2D eigenvalue weighted by molar-refractivity contribution is 0.0996. The summed E-state index contributed by atoms with van der Waals surface area (Å²) >= 11 is 0. The first-order valence-electron chi connectivity index (χ1n) is 9.11. The van der Waals surface area contributed by atoms with Crippen molar-refractivity contribution in [3.05, 3.63) is 41.5 Å². The number of nitrogens with zero attached hydrogens (tertiary/aromatic N) is 5. The minimum Gasteiger partial charge on any atom is -0.401 e. The van der Waals surface area contributed by atoms with Gasteiger partial charge in [-0.15, -0.1) is 0 Å². The number of fused-ring (bicyclic) bond motifs is 1. The summed E-state index contributed by atoms with van der Waals surface area (Å²) in [5.74, 6) is -0.318. The Balaban J connectivity index is 1.95. The van der Waals surface area contributed by atoms with Gasteiger partial charge in [0.2, 0.25) is 0 Å². The molecule has 3 aromatic rings. The molecule has 10 nitrogen and oxygen atoms in total. The van der Waals surface area contributed by atoms with E-state index in [1.165, 1.54) is 0 Å². The van der Waals surface area contributed by atoms with Crippen LogP contribution in [0.1, 0.15) is 41.9 Å². The summed E-state index contributed by atoms with van der Waals surface area (Å²) in [6.45, 7) is 1.65. The van der Waals surface area contributed by atoms with Gasteiger partial charge >= 0.3 is 0 Å². The van der Waals surface area contributed by atoms with E-state index in [1.807, 2.05) is 11.6 Å². The third-order valence-electron chi connectivity index (χ3n) is 4.84. The van der Waals surface area contributed by atoms with Crippen LogP contribution in [-0.4, -0.2) is 36.6 Å². The van der Waals surface area contributed by atoms with Gasteiger partial charge in [0.05, 0.1) is 35.1 Å². The molecule has 0 spiro atoms. The van der Waals surface area contributed by atoms with Crippen LogP contribution >= 0.6 is 0 Å². The highest BCUT2D eigenvalue weighted by Gasteiger charge is 2.32. The Morgan fingerprint density at radius 1 is 1.31 bits per heavy atom. The van der Waals surface area contributed by atoms with Gasteiger partial charge in [0.15, 0.2) is 11.5 Å². The minimum atomic E-state index is -0.733. The Morgan fingerprint density at radius 3 is 2.69 bits per heavy atom. The maximum atomic E-state index is 12.1. The molecule has 6 N–H and O–H groups in total. The molecule has 148 valence electrons. The van der Waals surface area contributed by atoms with Crippen molar-refractivity contribution < 1.29 is 4.79 Å². The Morgan fingerprint density at radius 2 is 2.07 bits per heavy atom. The van der Waals surface area contributed by atoms with Crippen LogP contribution in [0.15, 0.2) is 30.1 Å². The number of nitrogens with one attached hydrogen (secondary N) is 2. The van der Waals surface area contributed by atoms with Crippen LogP contribution in [0.25, 0.3) is 22.3 Å². The zero-order chi connectivity index (χ0) is 20.7. The number of primary amides is 1. The van der Waals surface area contributed by atoms with Crippen LogP contribution in [-0.2, 0) is 7.05 Å². The normalized spacial score (nSPS) is 14.6. The quantitative estimate of drug-likeness (QED) is 0.464. The summed E-state index contributed by atoms with van der Waals surface area (Å²) in [5, 5.41) is 10.5. The molecule has 3 aromatic heterocycles. The lowest BCUT2D eigenvalue weighted by atomic mass is 10.1. The molecule has 0 atom stereocenters. The van der Waals surface area contributed by atoms with Crippen LogP contribution in [0.5, 0.6) is 0 Å². The lowest BCUT2D eigenvalue weighted by Gasteiger charge is -2.15. The highest BCUT2D eigenvalue weighted by Crippen LogP contribution is 2.44. The highest BCUT2D eigenvalue weighted by atomic mass is 16.1. The number of pyridine rings is 1. The summed E-state index contributed by atoms with van der Waals surface area (Å²) in [5.41, 5.74) is 15.6. The van der Waals surface area contributed by atoms with Gasteiger partial charge in [0, 0.05) is 36.6 Å². The Labute approximate surface area is 166 Å². The number of allylic oxidation sites excluding steroid dienone is 2. The molecule has 0 aromatic carbocycles. The topological polar surface area (TPSA) is 161 Å². The van der Waals surface area contributed by atoms with Gasteiger partial charge in [-0.25, -0.2) is 15.0 Å². The summed E-state index contributed by atoms with van der Waals surface area (Å²) < 4.78 is 1.87. The number of amides is 1. The van der Waals surface area contributed by atoms with Gasteiger partial charge in [0.25, 0.3) is 5.91 Å². The van der Waals surface area contributed by atoms with Crippen molar-refractivity contribution in [1.82, 2.24) is 24.5 Å². The largest absolute Gasteiger partial charge is 0.401 e. The predicted molar refractivity (Wildman–Crippen MR) is 109 cm³/mol. The Bertz CT molecular complexity index is 1170. The fourth-order valence-electron chi connectivity index (χ4n) is 3.14. The van der Waals surface area contributed by atoms with Gasteiger partial charge in [-0.1, -0.05) is 0 Å². The summed E-state index contributed by atoms with van der Waals surface area (Å²) in [6, 6.07) is 0. The first-order valence-corrected chi connectivity index (χ1v) is 9.11. The molecule has 29 heavy (non-hydrogen) atoms. The smallest absolute Gasteiger partial charge is 0.271 e. The van der Waals surface area contributed by atoms with E-state index in [1.54, 1.807) is 25.6 Å². The molecule has 10 heteroatoms. The van der Waals surface area contributed by atoms with Crippen molar-refractivity contribution in [2.24, 2.45) is 18.5 Å². The van der Waals surface area contributed by atoms with E-state index >= 15 is 0 Å². The fraction of sp³-hybridized carbons (Fsp3) is 0.263. The number of anilines is 1. The van der Waals surface area contributed by atoms with Crippen LogP contribution in [0.2, 0.25) is 0 Å². The first kappa shape index (κ1) is 18.5. The fourth-order valence-corrected chi connectivity index (χ4v) is 3.14. The van der Waals surface area contributed by atoms with E-state index in [2.05, 4.69) is 25.3 Å². The SMILES string of the molecule is CC(N)=C(C=N)Nc1nc(C2CC2)c(-c2cncc3c2ncn3C)nc1C(N)=O. The number of aryl methyl sites for hydroxylation is 1. The minimum absolute atomic E-state index is 0.0297. The van der Waals surface area contributed by atoms with E-state index < -0.39 is 5.91 Å². The second-order valence-corrected chi connectivity index (χ2v) is 7.07. The van der Waals surface area contributed by atoms with E-state index in [4.69, 9.17) is 16.9 Å². The maximum Gasteiger partial charge on any atom is 0.271 e. The van der Waals surface area contributed by atoms with Crippen molar-refractivity contribution in [1.29, 1.82) is 5.41 Å². The summed E-state index contributed by atoms with van der Waals surface area (Å²) in [4.78, 5) is 30.2. The van der Waals surface area contributed by atoms with Crippen molar-refractivity contribution >= 4 is 29.0 Å². The van der Waals surface area contributed by atoms with E-state index in [0.717, 1.165) is 35.8 Å². The Kier molecular flexibility index (Phi) is 4.45. The van der Waals surface area contributed by atoms with Crippen LogP contribution < -0.4 is 16.8 Å². The van der Waals surface area contributed by atoms with Gasteiger partial charge in [-0.05, 0) is 19.8 Å². The number of imidazole rings is 1. The molecular weight excluding hydrogens is 370 g/mol. The molecule has 1 aliphatic rings. The molecular formula is C19H21N9O. The molecule has 0 radical (unpaired) electrons. The Hall–Kier alpha value is -3.82. The number of hydrogen-bond acceptors (Lipinski definition) is 8. The van der Waals surface area contributed by atoms with Crippen molar-refractivity contribution in [2.45, 2.75) is 25.7 Å². The lowest BCUT2D eigenvalue weighted by Crippen LogP contribution is -2.20. The summed E-state index contributed by atoms with van der Waals surface area (Å²) in [6.07, 6.45) is 8.13. The third-order valence-corrected chi connectivity index (χ3v) is 4.84. The third kappa shape index (κ3) is 3.28. The van der Waals surface area contributed by atoms with Gasteiger partial charge < -0.3 is 26.8 Å². The van der Waals surface area contributed by atoms with Gasteiger partial charge in [-0.2, -0.15) is 0 Å². The van der Waals surface area contributed by atoms with Crippen LogP contribution in [0.3, 0.4) is 0 Å². The number of carbonyl (C=O) groups excluding carboxylic acids is 1. The monoisotopic (exact) mass is 391 g/mol.